The first-order chi connectivity index (χ1) is 15.3. The van der Waals surface area contributed by atoms with Gasteiger partial charge in [-0.25, -0.2) is 8.42 Å². The molecule has 0 fully saturated rings. The van der Waals surface area contributed by atoms with Crippen molar-refractivity contribution >= 4 is 32.4 Å². The number of ether oxygens (including phenoxy) is 1. The van der Waals surface area contributed by atoms with E-state index >= 15 is 0 Å². The van der Waals surface area contributed by atoms with E-state index in [0.29, 0.717) is 25.3 Å². The van der Waals surface area contributed by atoms with Crippen molar-refractivity contribution in [2.45, 2.75) is 26.7 Å². The maximum Gasteiger partial charge on any atom is 0.232 e. The van der Waals surface area contributed by atoms with Gasteiger partial charge in [0, 0.05) is 18.4 Å². The van der Waals surface area contributed by atoms with Crippen LogP contribution in [0.1, 0.15) is 24.0 Å². The molecule has 0 radical (unpaired) electrons. The van der Waals surface area contributed by atoms with E-state index < -0.39 is 10.0 Å². The largest absolute Gasteiger partial charge is 0.492 e. The maximum atomic E-state index is 12.5. The number of carbonyl (C=O) groups excluding carboxylic acids is 1. The van der Waals surface area contributed by atoms with E-state index in [1.165, 1.54) is 16.1 Å². The molecule has 3 aromatic carbocycles. The molecule has 3 aromatic rings. The zero-order valence-corrected chi connectivity index (χ0v) is 19.6. The minimum Gasteiger partial charge on any atom is -0.492 e. The van der Waals surface area contributed by atoms with Crippen LogP contribution in [0.2, 0.25) is 0 Å². The zero-order valence-electron chi connectivity index (χ0n) is 18.8. The molecular weight excluding hydrogens is 424 g/mol. The number of hydrogen-bond donors (Lipinski definition) is 1. The smallest absolute Gasteiger partial charge is 0.232 e. The van der Waals surface area contributed by atoms with E-state index in [1.807, 2.05) is 68.4 Å². The van der Waals surface area contributed by atoms with Crippen LogP contribution in [0, 0.1) is 13.8 Å². The van der Waals surface area contributed by atoms with Crippen LogP contribution in [-0.2, 0) is 14.8 Å². The molecule has 0 saturated carbocycles. The Hall–Kier alpha value is -3.06. The summed E-state index contributed by atoms with van der Waals surface area (Å²) >= 11 is 0. The molecule has 0 aliphatic heterocycles. The summed E-state index contributed by atoms with van der Waals surface area (Å²) in [5.74, 6) is 0.654. The normalized spacial score (nSPS) is 11.3. The van der Waals surface area contributed by atoms with Crippen molar-refractivity contribution in [3.8, 4) is 5.75 Å². The number of fused-ring (bicyclic) bond motifs is 1. The number of nitrogens with one attached hydrogen (secondary N) is 1. The molecular formula is C25H30N2O4S. The van der Waals surface area contributed by atoms with Crippen LogP contribution in [0.5, 0.6) is 5.75 Å². The lowest BCUT2D eigenvalue weighted by Crippen LogP contribution is -2.33. The van der Waals surface area contributed by atoms with Gasteiger partial charge in [-0.15, -0.1) is 0 Å². The lowest BCUT2D eigenvalue weighted by atomic mass is 10.1. The SMILES string of the molecule is Cc1ccc(OCCNC(=O)CCCN(c2cccc3ccccc23)S(C)(=O)=O)cc1C. The summed E-state index contributed by atoms with van der Waals surface area (Å²) in [7, 11) is -3.48. The summed E-state index contributed by atoms with van der Waals surface area (Å²) in [4.78, 5) is 12.2. The highest BCUT2D eigenvalue weighted by atomic mass is 32.2. The topological polar surface area (TPSA) is 75.7 Å². The molecule has 1 amide bonds. The van der Waals surface area contributed by atoms with Gasteiger partial charge in [0.2, 0.25) is 15.9 Å². The van der Waals surface area contributed by atoms with Gasteiger partial charge in [0.15, 0.2) is 0 Å². The summed E-state index contributed by atoms with van der Waals surface area (Å²) in [6.45, 7) is 5.08. The quantitative estimate of drug-likeness (QED) is 0.466. The van der Waals surface area contributed by atoms with E-state index in [2.05, 4.69) is 5.32 Å². The average molecular weight is 455 g/mol. The molecule has 7 heteroatoms. The second-order valence-corrected chi connectivity index (χ2v) is 9.79. The second kappa shape index (κ2) is 10.5. The zero-order chi connectivity index (χ0) is 23.1. The number of nitrogens with zero attached hydrogens (tertiary/aromatic N) is 1. The number of benzene rings is 3. The summed E-state index contributed by atoms with van der Waals surface area (Å²) in [6, 6.07) is 19.2. The molecule has 0 saturated heterocycles. The molecule has 170 valence electrons. The lowest BCUT2D eigenvalue weighted by Gasteiger charge is -2.24. The molecule has 32 heavy (non-hydrogen) atoms. The number of aryl methyl sites for hydroxylation is 2. The van der Waals surface area contributed by atoms with Crippen molar-refractivity contribution in [1.82, 2.24) is 5.32 Å². The molecule has 0 heterocycles. The fourth-order valence-corrected chi connectivity index (χ4v) is 4.50. The van der Waals surface area contributed by atoms with Gasteiger partial charge < -0.3 is 10.1 Å². The molecule has 1 N–H and O–H groups in total. The van der Waals surface area contributed by atoms with Crippen molar-refractivity contribution in [3.63, 3.8) is 0 Å². The summed E-state index contributed by atoms with van der Waals surface area (Å²) < 4.78 is 32.0. The number of rotatable bonds is 10. The fourth-order valence-electron chi connectivity index (χ4n) is 3.53. The molecule has 0 aliphatic rings. The molecule has 0 aliphatic carbocycles. The van der Waals surface area contributed by atoms with Gasteiger partial charge in [0.25, 0.3) is 0 Å². The van der Waals surface area contributed by atoms with Gasteiger partial charge in [-0.2, -0.15) is 0 Å². The highest BCUT2D eigenvalue weighted by Gasteiger charge is 2.19. The van der Waals surface area contributed by atoms with Gasteiger partial charge in [0.1, 0.15) is 12.4 Å². The summed E-state index contributed by atoms with van der Waals surface area (Å²) in [6.07, 6.45) is 1.85. The Morgan fingerprint density at radius 1 is 1.00 bits per heavy atom. The van der Waals surface area contributed by atoms with Crippen molar-refractivity contribution in [2.75, 3.05) is 30.3 Å². The molecule has 0 spiro atoms. The average Bonchev–Trinajstić information content (AvgIpc) is 2.75. The van der Waals surface area contributed by atoms with Crippen molar-refractivity contribution in [1.29, 1.82) is 0 Å². The standard InChI is InChI=1S/C25H30N2O4S/c1-19-13-14-22(18-20(19)2)31-17-15-26-25(28)12-7-16-27(32(3,29)30)24-11-6-9-21-8-4-5-10-23(21)24/h4-6,8-11,13-14,18H,7,12,15-17H2,1-3H3,(H,26,28). The van der Waals surface area contributed by atoms with E-state index in [9.17, 15) is 13.2 Å². The molecule has 0 atom stereocenters. The Morgan fingerprint density at radius 3 is 2.50 bits per heavy atom. The van der Waals surface area contributed by atoms with E-state index in [1.54, 1.807) is 6.07 Å². The van der Waals surface area contributed by atoms with Crippen LogP contribution in [0.3, 0.4) is 0 Å². The predicted molar refractivity (Wildman–Crippen MR) is 130 cm³/mol. The molecule has 0 bridgehead atoms. The number of hydrogen-bond acceptors (Lipinski definition) is 4. The van der Waals surface area contributed by atoms with E-state index in [-0.39, 0.29) is 18.9 Å². The van der Waals surface area contributed by atoms with Gasteiger partial charge in [0.05, 0.1) is 18.5 Å². The summed E-state index contributed by atoms with van der Waals surface area (Å²) in [5, 5.41) is 4.67. The molecule has 3 rings (SSSR count). The summed E-state index contributed by atoms with van der Waals surface area (Å²) in [5.41, 5.74) is 3.00. The van der Waals surface area contributed by atoms with Crippen molar-refractivity contribution < 1.29 is 17.9 Å². The first kappa shape index (κ1) is 23.6. The minimum absolute atomic E-state index is 0.125. The van der Waals surface area contributed by atoms with Crippen LogP contribution in [0.25, 0.3) is 10.8 Å². The third kappa shape index (κ3) is 6.23. The van der Waals surface area contributed by atoms with Gasteiger partial charge >= 0.3 is 0 Å². The molecule has 0 unspecified atom stereocenters. The van der Waals surface area contributed by atoms with E-state index in [0.717, 1.165) is 22.1 Å². The monoisotopic (exact) mass is 454 g/mol. The number of amides is 1. The minimum atomic E-state index is -3.48. The Kier molecular flexibility index (Phi) is 7.75. The Labute approximate surface area is 190 Å². The number of sulfonamides is 1. The lowest BCUT2D eigenvalue weighted by molar-refractivity contribution is -0.121. The molecule has 0 aromatic heterocycles. The van der Waals surface area contributed by atoms with Crippen LogP contribution in [0.15, 0.2) is 60.7 Å². The van der Waals surface area contributed by atoms with Crippen LogP contribution in [-0.4, -0.2) is 40.3 Å². The highest BCUT2D eigenvalue weighted by molar-refractivity contribution is 7.92. The van der Waals surface area contributed by atoms with Crippen LogP contribution in [0.4, 0.5) is 5.69 Å². The molecule has 6 nitrogen and oxygen atoms in total. The maximum absolute atomic E-state index is 12.5. The first-order valence-electron chi connectivity index (χ1n) is 10.7. The highest BCUT2D eigenvalue weighted by Crippen LogP contribution is 2.28. The third-order valence-electron chi connectivity index (χ3n) is 5.37. The van der Waals surface area contributed by atoms with Gasteiger partial charge in [-0.05, 0) is 55.0 Å². The van der Waals surface area contributed by atoms with Gasteiger partial charge in [-0.1, -0.05) is 42.5 Å². The van der Waals surface area contributed by atoms with Crippen molar-refractivity contribution in [3.05, 3.63) is 71.8 Å². The Balaban J connectivity index is 1.50. The number of carbonyl (C=O) groups is 1. The first-order valence-corrected chi connectivity index (χ1v) is 12.5. The fraction of sp³-hybridized carbons (Fsp3) is 0.320. The van der Waals surface area contributed by atoms with E-state index in [4.69, 9.17) is 4.74 Å². The third-order valence-corrected chi connectivity index (χ3v) is 6.55. The van der Waals surface area contributed by atoms with Crippen LogP contribution < -0.4 is 14.4 Å². The Morgan fingerprint density at radius 2 is 1.75 bits per heavy atom. The second-order valence-electron chi connectivity index (χ2n) is 7.88. The van der Waals surface area contributed by atoms with Gasteiger partial charge in [-0.3, -0.25) is 9.10 Å². The number of anilines is 1. The van der Waals surface area contributed by atoms with Crippen LogP contribution >= 0.6 is 0 Å². The predicted octanol–water partition coefficient (Wildman–Crippen LogP) is 4.20. The van der Waals surface area contributed by atoms with Crippen molar-refractivity contribution in [2.24, 2.45) is 0 Å². The Bertz CT molecular complexity index is 1190.